The quantitative estimate of drug-likeness (QED) is 0.340. The first-order valence-corrected chi connectivity index (χ1v) is 12.3. The maximum Gasteiger partial charge on any atom is 0.277 e. The Hall–Kier alpha value is -3.03. The molecule has 0 fully saturated rings. The largest absolute Gasteiger partial charge is 0.411 e. The number of nitrogens with zero attached hydrogens (tertiary/aromatic N) is 3. The predicted molar refractivity (Wildman–Crippen MR) is 129 cm³/mol. The van der Waals surface area contributed by atoms with Crippen LogP contribution in [-0.2, 0) is 4.79 Å². The third-order valence-electron chi connectivity index (χ3n) is 5.39. The number of carbonyl (C=O) groups excluding carboxylic acids is 1. The van der Waals surface area contributed by atoms with Crippen LogP contribution < -0.4 is 4.90 Å². The molecule has 1 aliphatic heterocycles. The van der Waals surface area contributed by atoms with E-state index in [0.717, 1.165) is 33.0 Å². The molecule has 2 heterocycles. The van der Waals surface area contributed by atoms with Crippen molar-refractivity contribution >= 4 is 35.1 Å². The average molecular weight is 460 g/mol. The summed E-state index contributed by atoms with van der Waals surface area (Å²) >= 11 is 3.07. The molecule has 5 nitrogen and oxygen atoms in total. The minimum absolute atomic E-state index is 0.0191. The molecule has 0 radical (unpaired) electrons. The topological polar surface area (TPSA) is 59.2 Å². The molecular weight excluding hydrogens is 438 g/mol. The number of amides is 1. The summed E-state index contributed by atoms with van der Waals surface area (Å²) in [5, 5.41) is 8.71. The monoisotopic (exact) mass is 459 g/mol. The Labute approximate surface area is 195 Å². The molecule has 1 aromatic heterocycles. The molecule has 1 aliphatic rings. The molecule has 32 heavy (non-hydrogen) atoms. The van der Waals surface area contributed by atoms with Crippen molar-refractivity contribution in [3.63, 3.8) is 0 Å². The maximum absolute atomic E-state index is 13.5. The number of aryl methyl sites for hydroxylation is 1. The Balaban J connectivity index is 1.37. The third-order valence-corrected chi connectivity index (χ3v) is 7.33. The standard InChI is InChI=1S/C25H21N3O2S2/c1-17-9-5-6-12-19(17)24-26-27-25(30-24)32-16-23(29)28-20-13-7-8-14-22(20)31-15-21(28)18-10-3-2-4-11-18/h2-14,21H,15-16H2,1H3/t21-/m0/s1. The predicted octanol–water partition coefficient (Wildman–Crippen LogP) is 6.02. The van der Waals surface area contributed by atoms with Crippen LogP contribution in [0.1, 0.15) is 17.2 Å². The van der Waals surface area contributed by atoms with Gasteiger partial charge in [-0.05, 0) is 36.2 Å². The van der Waals surface area contributed by atoms with Crippen LogP contribution in [0.4, 0.5) is 5.69 Å². The van der Waals surface area contributed by atoms with Crippen LogP contribution in [0.2, 0.25) is 0 Å². The molecule has 0 N–H and O–H groups in total. The van der Waals surface area contributed by atoms with E-state index in [9.17, 15) is 4.79 Å². The van der Waals surface area contributed by atoms with E-state index in [1.165, 1.54) is 11.8 Å². The Bertz CT molecular complexity index is 1240. The lowest BCUT2D eigenvalue weighted by atomic mass is 10.1. The highest BCUT2D eigenvalue weighted by Gasteiger charge is 2.32. The van der Waals surface area contributed by atoms with Crippen molar-refractivity contribution in [3.8, 4) is 11.5 Å². The Morgan fingerprint density at radius 2 is 1.78 bits per heavy atom. The molecule has 5 rings (SSSR count). The number of fused-ring (bicyclic) bond motifs is 1. The van der Waals surface area contributed by atoms with E-state index in [1.807, 2.05) is 72.5 Å². The minimum Gasteiger partial charge on any atom is -0.411 e. The van der Waals surface area contributed by atoms with E-state index in [1.54, 1.807) is 11.8 Å². The number of hydrogen-bond donors (Lipinski definition) is 0. The van der Waals surface area contributed by atoms with Crippen molar-refractivity contribution in [1.82, 2.24) is 10.2 Å². The van der Waals surface area contributed by atoms with E-state index in [-0.39, 0.29) is 17.7 Å². The number of para-hydroxylation sites is 1. The SMILES string of the molecule is Cc1ccccc1-c1nnc(SCC(=O)N2c3ccccc3SC[C@H]2c2ccccc2)o1. The summed E-state index contributed by atoms with van der Waals surface area (Å²) in [6.07, 6.45) is 0. The molecule has 0 spiro atoms. The van der Waals surface area contributed by atoms with E-state index >= 15 is 0 Å². The van der Waals surface area contributed by atoms with Gasteiger partial charge in [-0.25, -0.2) is 0 Å². The summed E-state index contributed by atoms with van der Waals surface area (Å²) in [5.74, 6) is 1.53. The van der Waals surface area contributed by atoms with Crippen molar-refractivity contribution in [2.75, 3.05) is 16.4 Å². The molecule has 7 heteroatoms. The number of rotatable bonds is 5. The zero-order chi connectivity index (χ0) is 21.9. The fraction of sp³-hybridized carbons (Fsp3) is 0.160. The highest BCUT2D eigenvalue weighted by atomic mass is 32.2. The normalized spacial score (nSPS) is 15.4. The van der Waals surface area contributed by atoms with Crippen LogP contribution in [0.3, 0.4) is 0 Å². The number of anilines is 1. The van der Waals surface area contributed by atoms with Gasteiger partial charge in [0.25, 0.3) is 5.22 Å². The molecule has 0 aliphatic carbocycles. The molecule has 3 aromatic carbocycles. The highest BCUT2D eigenvalue weighted by molar-refractivity contribution is 8.00. The van der Waals surface area contributed by atoms with E-state index < -0.39 is 0 Å². The first-order chi connectivity index (χ1) is 15.7. The molecule has 0 saturated carbocycles. The van der Waals surface area contributed by atoms with Gasteiger partial charge in [0.15, 0.2) is 0 Å². The van der Waals surface area contributed by atoms with Gasteiger partial charge in [0, 0.05) is 16.2 Å². The summed E-state index contributed by atoms with van der Waals surface area (Å²) in [5.41, 5.74) is 4.06. The average Bonchev–Trinajstić information content (AvgIpc) is 3.31. The van der Waals surface area contributed by atoms with Crippen LogP contribution in [0.25, 0.3) is 11.5 Å². The zero-order valence-electron chi connectivity index (χ0n) is 17.5. The van der Waals surface area contributed by atoms with Crippen LogP contribution in [0.15, 0.2) is 93.4 Å². The number of aromatic nitrogens is 2. The van der Waals surface area contributed by atoms with Gasteiger partial charge in [0.2, 0.25) is 11.8 Å². The van der Waals surface area contributed by atoms with Crippen LogP contribution in [0.5, 0.6) is 0 Å². The molecule has 0 unspecified atom stereocenters. The van der Waals surface area contributed by atoms with Crippen molar-refractivity contribution in [1.29, 1.82) is 0 Å². The number of benzene rings is 3. The van der Waals surface area contributed by atoms with Crippen LogP contribution >= 0.6 is 23.5 Å². The summed E-state index contributed by atoms with van der Waals surface area (Å²) < 4.78 is 5.84. The van der Waals surface area contributed by atoms with Gasteiger partial charge >= 0.3 is 0 Å². The summed E-state index contributed by atoms with van der Waals surface area (Å²) in [4.78, 5) is 16.5. The molecule has 1 atom stereocenters. The third kappa shape index (κ3) is 4.18. The van der Waals surface area contributed by atoms with Crippen LogP contribution in [0, 0.1) is 6.92 Å². The first kappa shape index (κ1) is 20.8. The first-order valence-electron chi connectivity index (χ1n) is 10.3. The van der Waals surface area contributed by atoms with Gasteiger partial charge in [-0.2, -0.15) is 0 Å². The number of thioether (sulfide) groups is 2. The molecule has 4 aromatic rings. The van der Waals surface area contributed by atoms with Crippen molar-refractivity contribution < 1.29 is 9.21 Å². The number of hydrogen-bond acceptors (Lipinski definition) is 6. The molecular formula is C25H21N3O2S2. The summed E-state index contributed by atoms with van der Waals surface area (Å²) in [7, 11) is 0. The lowest BCUT2D eigenvalue weighted by Crippen LogP contribution is -2.39. The van der Waals surface area contributed by atoms with Gasteiger partial charge in [0.1, 0.15) is 0 Å². The maximum atomic E-state index is 13.5. The Morgan fingerprint density at radius 1 is 1.03 bits per heavy atom. The minimum atomic E-state index is -0.0191. The molecule has 160 valence electrons. The van der Waals surface area contributed by atoms with Gasteiger partial charge < -0.3 is 9.32 Å². The van der Waals surface area contributed by atoms with E-state index in [4.69, 9.17) is 4.42 Å². The summed E-state index contributed by atoms with van der Waals surface area (Å²) in [6.45, 7) is 2.01. The molecule has 0 bridgehead atoms. The second kappa shape index (κ2) is 9.22. The molecule has 1 amide bonds. The summed E-state index contributed by atoms with van der Waals surface area (Å²) in [6, 6.07) is 26.1. The molecule has 0 saturated heterocycles. The van der Waals surface area contributed by atoms with Gasteiger partial charge in [-0.15, -0.1) is 22.0 Å². The van der Waals surface area contributed by atoms with Crippen molar-refractivity contribution in [2.24, 2.45) is 0 Å². The van der Waals surface area contributed by atoms with Crippen LogP contribution in [-0.4, -0.2) is 27.6 Å². The fourth-order valence-corrected chi connectivity index (χ4v) is 5.59. The Kier molecular flexibility index (Phi) is 6.01. The Morgan fingerprint density at radius 3 is 2.62 bits per heavy atom. The van der Waals surface area contributed by atoms with E-state index in [2.05, 4.69) is 28.4 Å². The van der Waals surface area contributed by atoms with Gasteiger partial charge in [-0.3, -0.25) is 4.79 Å². The number of carbonyl (C=O) groups is 1. The van der Waals surface area contributed by atoms with E-state index in [0.29, 0.717) is 11.1 Å². The van der Waals surface area contributed by atoms with Crippen molar-refractivity contribution in [2.45, 2.75) is 23.1 Å². The van der Waals surface area contributed by atoms with Gasteiger partial charge in [-0.1, -0.05) is 72.4 Å². The fourth-order valence-electron chi connectivity index (χ4n) is 3.80. The lowest BCUT2D eigenvalue weighted by molar-refractivity contribution is -0.116. The smallest absolute Gasteiger partial charge is 0.277 e. The lowest BCUT2D eigenvalue weighted by Gasteiger charge is -2.37. The second-order valence-electron chi connectivity index (χ2n) is 7.45. The zero-order valence-corrected chi connectivity index (χ0v) is 19.1. The van der Waals surface area contributed by atoms with Crippen molar-refractivity contribution in [3.05, 3.63) is 90.0 Å². The second-order valence-corrected chi connectivity index (χ2v) is 9.43. The van der Waals surface area contributed by atoms with Gasteiger partial charge in [0.05, 0.1) is 17.5 Å². The highest BCUT2D eigenvalue weighted by Crippen LogP contribution is 2.43.